The molecule has 2 aromatic rings. The van der Waals surface area contributed by atoms with Gasteiger partial charge in [-0.25, -0.2) is 4.98 Å². The third-order valence-corrected chi connectivity index (χ3v) is 4.97. The Kier molecular flexibility index (Phi) is 4.95. The van der Waals surface area contributed by atoms with E-state index in [4.69, 9.17) is 0 Å². The van der Waals surface area contributed by atoms with Crippen molar-refractivity contribution in [3.63, 3.8) is 0 Å². The fourth-order valence-electron chi connectivity index (χ4n) is 3.00. The normalized spacial score (nSPS) is 15.8. The van der Waals surface area contributed by atoms with E-state index in [9.17, 15) is 4.79 Å². The van der Waals surface area contributed by atoms with E-state index >= 15 is 0 Å². The zero-order valence-corrected chi connectivity index (χ0v) is 14.3. The molecule has 2 aromatic heterocycles. The maximum Gasteiger partial charge on any atom is 0.254 e. The lowest BCUT2D eigenvalue weighted by atomic mass is 9.95. The number of piperidine rings is 1. The number of hydrogen-bond donors (Lipinski definition) is 0. The average molecular weight is 331 g/mol. The van der Waals surface area contributed by atoms with E-state index in [2.05, 4.69) is 26.7 Å². The highest BCUT2D eigenvalue weighted by molar-refractivity contribution is 7.98. The van der Waals surface area contributed by atoms with Crippen LogP contribution in [0.2, 0.25) is 0 Å². The van der Waals surface area contributed by atoms with Gasteiger partial charge in [-0.2, -0.15) is 0 Å². The zero-order chi connectivity index (χ0) is 16.2. The summed E-state index contributed by atoms with van der Waals surface area (Å²) >= 11 is 1.55. The van der Waals surface area contributed by atoms with Crippen molar-refractivity contribution in [2.75, 3.05) is 19.3 Å². The number of nitrogens with zero attached hydrogens (tertiary/aromatic N) is 5. The minimum absolute atomic E-state index is 0.0955. The molecule has 23 heavy (non-hydrogen) atoms. The van der Waals surface area contributed by atoms with Gasteiger partial charge in [0.15, 0.2) is 0 Å². The molecular weight excluding hydrogens is 310 g/mol. The number of aromatic nitrogens is 4. The summed E-state index contributed by atoms with van der Waals surface area (Å²) in [5, 5.41) is 9.15. The lowest BCUT2D eigenvalue weighted by Crippen LogP contribution is -2.38. The lowest BCUT2D eigenvalue weighted by Gasteiger charge is -2.31. The number of carbonyl (C=O) groups excluding carboxylic acids is 1. The molecule has 0 atom stereocenters. The summed E-state index contributed by atoms with van der Waals surface area (Å²) < 4.78 is 2.09. The van der Waals surface area contributed by atoms with Crippen molar-refractivity contribution in [2.24, 2.45) is 0 Å². The fraction of sp³-hybridized carbons (Fsp3) is 0.500. The third kappa shape index (κ3) is 3.39. The Bertz CT molecular complexity index is 679. The van der Waals surface area contributed by atoms with Gasteiger partial charge in [0.2, 0.25) is 0 Å². The van der Waals surface area contributed by atoms with Crippen molar-refractivity contribution in [2.45, 2.75) is 37.3 Å². The number of aryl methyl sites for hydroxylation is 1. The molecule has 1 amide bonds. The highest BCUT2D eigenvalue weighted by atomic mass is 32.2. The van der Waals surface area contributed by atoms with Gasteiger partial charge in [0.1, 0.15) is 12.2 Å². The van der Waals surface area contributed by atoms with Crippen LogP contribution in [-0.2, 0) is 6.54 Å². The molecule has 1 fully saturated rings. The largest absolute Gasteiger partial charge is 0.339 e. The molecule has 0 spiro atoms. The Morgan fingerprint density at radius 1 is 1.39 bits per heavy atom. The predicted octanol–water partition coefficient (Wildman–Crippen LogP) is 2.43. The van der Waals surface area contributed by atoms with E-state index in [0.717, 1.165) is 48.9 Å². The van der Waals surface area contributed by atoms with Gasteiger partial charge in [-0.05, 0) is 38.2 Å². The number of rotatable bonds is 4. The first kappa shape index (κ1) is 16.0. The van der Waals surface area contributed by atoms with Gasteiger partial charge < -0.3 is 9.47 Å². The first-order valence-electron chi connectivity index (χ1n) is 7.90. The smallest absolute Gasteiger partial charge is 0.254 e. The molecule has 0 saturated carbocycles. The van der Waals surface area contributed by atoms with Crippen LogP contribution in [-0.4, -0.2) is 49.9 Å². The second-order valence-electron chi connectivity index (χ2n) is 5.63. The molecular formula is C16H21N5OS. The van der Waals surface area contributed by atoms with Crippen LogP contribution in [0.3, 0.4) is 0 Å². The Balaban J connectivity index is 1.65. The van der Waals surface area contributed by atoms with E-state index in [1.807, 2.05) is 17.2 Å². The molecule has 0 aromatic carbocycles. The number of hydrogen-bond acceptors (Lipinski definition) is 5. The molecule has 122 valence electrons. The van der Waals surface area contributed by atoms with Crippen LogP contribution in [0.15, 0.2) is 29.7 Å². The highest BCUT2D eigenvalue weighted by Crippen LogP contribution is 2.27. The van der Waals surface area contributed by atoms with Crippen LogP contribution in [0.1, 0.15) is 41.9 Å². The van der Waals surface area contributed by atoms with Crippen molar-refractivity contribution in [1.29, 1.82) is 0 Å². The van der Waals surface area contributed by atoms with Gasteiger partial charge in [-0.3, -0.25) is 4.79 Å². The van der Waals surface area contributed by atoms with Gasteiger partial charge in [0, 0.05) is 37.3 Å². The SMILES string of the molecule is CCn1cnnc1C1CCN(C(=O)c2ccnc(SC)c2)CC1. The van der Waals surface area contributed by atoms with Gasteiger partial charge in [-0.1, -0.05) is 0 Å². The van der Waals surface area contributed by atoms with Crippen molar-refractivity contribution in [1.82, 2.24) is 24.6 Å². The Labute approximate surface area is 140 Å². The van der Waals surface area contributed by atoms with Crippen LogP contribution >= 0.6 is 11.8 Å². The second-order valence-corrected chi connectivity index (χ2v) is 6.46. The summed E-state index contributed by atoms with van der Waals surface area (Å²) in [6, 6.07) is 3.66. The molecule has 3 heterocycles. The van der Waals surface area contributed by atoms with E-state index < -0.39 is 0 Å². The summed E-state index contributed by atoms with van der Waals surface area (Å²) in [7, 11) is 0. The Morgan fingerprint density at radius 3 is 2.87 bits per heavy atom. The monoisotopic (exact) mass is 331 g/mol. The maximum atomic E-state index is 12.6. The number of likely N-dealkylation sites (tertiary alicyclic amines) is 1. The second kappa shape index (κ2) is 7.12. The molecule has 0 bridgehead atoms. The Hall–Kier alpha value is -1.89. The van der Waals surface area contributed by atoms with Crippen LogP contribution in [0.25, 0.3) is 0 Å². The number of pyridine rings is 1. The summed E-state index contributed by atoms with van der Waals surface area (Å²) in [6.45, 7) is 4.50. The van der Waals surface area contributed by atoms with Crippen molar-refractivity contribution < 1.29 is 4.79 Å². The van der Waals surface area contributed by atoms with Crippen molar-refractivity contribution in [3.05, 3.63) is 36.0 Å². The summed E-state index contributed by atoms with van der Waals surface area (Å²) in [6.07, 6.45) is 7.32. The lowest BCUT2D eigenvalue weighted by molar-refractivity contribution is 0.0710. The molecule has 0 aliphatic carbocycles. The minimum atomic E-state index is 0.0955. The van der Waals surface area contributed by atoms with E-state index in [0.29, 0.717) is 5.92 Å². The molecule has 6 nitrogen and oxygen atoms in total. The van der Waals surface area contributed by atoms with Gasteiger partial charge in [0.05, 0.1) is 5.03 Å². The van der Waals surface area contributed by atoms with Gasteiger partial charge in [0.25, 0.3) is 5.91 Å². The number of thioether (sulfide) groups is 1. The molecule has 7 heteroatoms. The standard InChI is InChI=1S/C16H21N5OS/c1-3-20-11-18-19-15(20)12-5-8-21(9-6-12)16(22)13-4-7-17-14(10-13)23-2/h4,7,10-12H,3,5-6,8-9H2,1-2H3. The van der Waals surface area contributed by atoms with Crippen LogP contribution < -0.4 is 0 Å². The first-order valence-corrected chi connectivity index (χ1v) is 9.12. The first-order chi connectivity index (χ1) is 11.2. The minimum Gasteiger partial charge on any atom is -0.339 e. The molecule has 0 N–H and O–H groups in total. The maximum absolute atomic E-state index is 12.6. The number of carbonyl (C=O) groups is 1. The van der Waals surface area contributed by atoms with Crippen LogP contribution in [0.4, 0.5) is 0 Å². The summed E-state index contributed by atoms with van der Waals surface area (Å²) in [5.74, 6) is 1.53. The molecule has 1 saturated heterocycles. The van der Waals surface area contributed by atoms with Crippen LogP contribution in [0.5, 0.6) is 0 Å². The number of amides is 1. The summed E-state index contributed by atoms with van der Waals surface area (Å²) in [5.41, 5.74) is 0.722. The Morgan fingerprint density at radius 2 is 2.17 bits per heavy atom. The molecule has 0 radical (unpaired) electrons. The molecule has 0 unspecified atom stereocenters. The van der Waals surface area contributed by atoms with Crippen molar-refractivity contribution >= 4 is 17.7 Å². The molecule has 1 aliphatic heterocycles. The van der Waals surface area contributed by atoms with E-state index in [-0.39, 0.29) is 5.91 Å². The van der Waals surface area contributed by atoms with Gasteiger partial charge in [-0.15, -0.1) is 22.0 Å². The van der Waals surface area contributed by atoms with E-state index in [1.165, 1.54) is 0 Å². The van der Waals surface area contributed by atoms with Crippen LogP contribution in [0, 0.1) is 0 Å². The van der Waals surface area contributed by atoms with Gasteiger partial charge >= 0.3 is 0 Å². The fourth-order valence-corrected chi connectivity index (χ4v) is 3.41. The quantitative estimate of drug-likeness (QED) is 0.805. The molecule has 1 aliphatic rings. The summed E-state index contributed by atoms with van der Waals surface area (Å²) in [4.78, 5) is 18.8. The van der Waals surface area contributed by atoms with E-state index in [1.54, 1.807) is 30.4 Å². The third-order valence-electron chi connectivity index (χ3n) is 4.32. The van der Waals surface area contributed by atoms with Crippen molar-refractivity contribution in [3.8, 4) is 0 Å². The molecule has 3 rings (SSSR count). The predicted molar refractivity (Wildman–Crippen MR) is 89.6 cm³/mol. The highest BCUT2D eigenvalue weighted by Gasteiger charge is 2.27. The zero-order valence-electron chi connectivity index (χ0n) is 13.5. The average Bonchev–Trinajstić information content (AvgIpc) is 3.10. The topological polar surface area (TPSA) is 63.9 Å².